The topological polar surface area (TPSA) is 21.3 Å². The zero-order valence-electron chi connectivity index (χ0n) is 11.4. The number of nitrogens with one attached hydrogen (secondary N) is 1. The van der Waals surface area contributed by atoms with E-state index < -0.39 is 0 Å². The molecule has 0 bridgehead atoms. The van der Waals surface area contributed by atoms with E-state index in [1.54, 1.807) is 0 Å². The van der Waals surface area contributed by atoms with Crippen molar-refractivity contribution < 1.29 is 4.74 Å². The standard InChI is InChI=1S/C15H23NO/c1-10(2)13-15(3,4)14(17-5)11-8-6-7-9-12(11)16-13/h6-10,13-14,16H,1-5H3/t13-,14-/m1/s1. The summed E-state index contributed by atoms with van der Waals surface area (Å²) in [6, 6.07) is 8.90. The monoisotopic (exact) mass is 233 g/mol. The van der Waals surface area contributed by atoms with Crippen LogP contribution in [-0.4, -0.2) is 13.2 Å². The summed E-state index contributed by atoms with van der Waals surface area (Å²) in [5.74, 6) is 0.580. The summed E-state index contributed by atoms with van der Waals surface area (Å²) in [4.78, 5) is 0. The molecule has 0 aromatic heterocycles. The fourth-order valence-corrected chi connectivity index (χ4v) is 3.23. The van der Waals surface area contributed by atoms with Gasteiger partial charge >= 0.3 is 0 Å². The first-order valence-corrected chi connectivity index (χ1v) is 6.36. The average molecular weight is 233 g/mol. The Morgan fingerprint density at radius 3 is 2.47 bits per heavy atom. The van der Waals surface area contributed by atoms with Gasteiger partial charge in [-0.15, -0.1) is 0 Å². The molecule has 1 aromatic rings. The molecule has 17 heavy (non-hydrogen) atoms. The van der Waals surface area contributed by atoms with Crippen molar-refractivity contribution in [3.05, 3.63) is 29.8 Å². The van der Waals surface area contributed by atoms with Crippen LogP contribution in [0.2, 0.25) is 0 Å². The lowest BCUT2D eigenvalue weighted by Crippen LogP contribution is -2.48. The molecule has 94 valence electrons. The van der Waals surface area contributed by atoms with E-state index in [0.29, 0.717) is 12.0 Å². The Morgan fingerprint density at radius 1 is 1.24 bits per heavy atom. The number of para-hydroxylation sites is 1. The molecule has 0 amide bonds. The lowest BCUT2D eigenvalue weighted by molar-refractivity contribution is -0.0180. The molecule has 0 radical (unpaired) electrons. The van der Waals surface area contributed by atoms with Crippen LogP contribution in [0.15, 0.2) is 24.3 Å². The minimum atomic E-state index is 0.0945. The molecule has 0 aliphatic carbocycles. The molecule has 2 rings (SSSR count). The van der Waals surface area contributed by atoms with Crippen molar-refractivity contribution >= 4 is 5.69 Å². The Balaban J connectivity index is 2.49. The molecular weight excluding hydrogens is 210 g/mol. The maximum atomic E-state index is 5.77. The van der Waals surface area contributed by atoms with Crippen LogP contribution < -0.4 is 5.32 Å². The van der Waals surface area contributed by atoms with Crippen molar-refractivity contribution in [1.82, 2.24) is 0 Å². The second-order valence-electron chi connectivity index (χ2n) is 5.89. The minimum absolute atomic E-state index is 0.0945. The largest absolute Gasteiger partial charge is 0.381 e. The number of rotatable bonds is 2. The van der Waals surface area contributed by atoms with Gasteiger partial charge in [0.25, 0.3) is 0 Å². The Kier molecular flexibility index (Phi) is 3.17. The van der Waals surface area contributed by atoms with Crippen LogP contribution in [0.4, 0.5) is 5.69 Å². The van der Waals surface area contributed by atoms with Gasteiger partial charge in [-0.05, 0) is 12.0 Å². The van der Waals surface area contributed by atoms with E-state index in [4.69, 9.17) is 4.74 Å². The molecule has 0 spiro atoms. The summed E-state index contributed by atoms with van der Waals surface area (Å²) < 4.78 is 5.77. The second kappa shape index (κ2) is 4.34. The summed E-state index contributed by atoms with van der Waals surface area (Å²) in [7, 11) is 1.81. The third-order valence-corrected chi connectivity index (χ3v) is 3.93. The van der Waals surface area contributed by atoms with Gasteiger partial charge in [0.15, 0.2) is 0 Å². The third-order valence-electron chi connectivity index (χ3n) is 3.93. The molecule has 0 saturated heterocycles. The fraction of sp³-hybridized carbons (Fsp3) is 0.600. The van der Waals surface area contributed by atoms with Gasteiger partial charge in [0.1, 0.15) is 0 Å². The third kappa shape index (κ3) is 1.95. The van der Waals surface area contributed by atoms with Crippen molar-refractivity contribution in [1.29, 1.82) is 0 Å². The summed E-state index contributed by atoms with van der Waals surface area (Å²) in [6.07, 6.45) is 0.160. The van der Waals surface area contributed by atoms with Gasteiger partial charge in [0, 0.05) is 29.8 Å². The molecule has 1 aliphatic heterocycles. The van der Waals surface area contributed by atoms with E-state index in [9.17, 15) is 0 Å². The molecule has 0 unspecified atom stereocenters. The van der Waals surface area contributed by atoms with E-state index >= 15 is 0 Å². The maximum Gasteiger partial charge on any atom is 0.0911 e. The molecule has 1 aliphatic rings. The van der Waals surface area contributed by atoms with Crippen LogP contribution in [0.1, 0.15) is 39.4 Å². The van der Waals surface area contributed by atoms with E-state index in [0.717, 1.165) is 0 Å². The smallest absolute Gasteiger partial charge is 0.0911 e. The van der Waals surface area contributed by atoms with Crippen molar-refractivity contribution in [2.24, 2.45) is 11.3 Å². The summed E-state index contributed by atoms with van der Waals surface area (Å²) >= 11 is 0. The van der Waals surface area contributed by atoms with E-state index in [-0.39, 0.29) is 11.5 Å². The number of benzene rings is 1. The molecule has 1 heterocycles. The number of methoxy groups -OCH3 is 1. The molecule has 2 atom stereocenters. The molecule has 2 nitrogen and oxygen atoms in total. The Morgan fingerprint density at radius 2 is 1.88 bits per heavy atom. The Bertz CT molecular complexity index is 398. The number of ether oxygens (including phenoxy) is 1. The second-order valence-corrected chi connectivity index (χ2v) is 5.89. The number of fused-ring (bicyclic) bond motifs is 1. The molecule has 1 aromatic carbocycles. The van der Waals surface area contributed by atoms with Gasteiger partial charge in [-0.3, -0.25) is 0 Å². The molecule has 0 saturated carbocycles. The van der Waals surface area contributed by atoms with Gasteiger partial charge in [-0.1, -0.05) is 45.9 Å². The average Bonchev–Trinajstić information content (AvgIpc) is 2.27. The highest BCUT2D eigenvalue weighted by atomic mass is 16.5. The van der Waals surface area contributed by atoms with Crippen LogP contribution in [0.5, 0.6) is 0 Å². The Labute approximate surface area is 104 Å². The van der Waals surface area contributed by atoms with Gasteiger partial charge in [0.05, 0.1) is 6.10 Å². The highest BCUT2D eigenvalue weighted by Crippen LogP contribution is 2.48. The predicted molar refractivity (Wildman–Crippen MR) is 72.2 cm³/mol. The first-order chi connectivity index (χ1) is 7.98. The first kappa shape index (κ1) is 12.4. The van der Waals surface area contributed by atoms with Crippen molar-refractivity contribution in [2.75, 3.05) is 12.4 Å². The molecular formula is C15H23NO. The zero-order valence-corrected chi connectivity index (χ0v) is 11.4. The number of hydrogen-bond acceptors (Lipinski definition) is 2. The number of anilines is 1. The summed E-state index contributed by atoms with van der Waals surface area (Å²) in [5, 5.41) is 3.67. The van der Waals surface area contributed by atoms with Crippen molar-refractivity contribution in [3.8, 4) is 0 Å². The zero-order chi connectivity index (χ0) is 12.6. The van der Waals surface area contributed by atoms with Gasteiger partial charge in [-0.25, -0.2) is 0 Å². The number of hydrogen-bond donors (Lipinski definition) is 1. The van der Waals surface area contributed by atoms with E-state index in [1.807, 2.05) is 7.11 Å². The lowest BCUT2D eigenvalue weighted by atomic mass is 9.69. The van der Waals surface area contributed by atoms with Crippen molar-refractivity contribution in [2.45, 2.75) is 39.8 Å². The predicted octanol–water partition coefficient (Wildman–Crippen LogP) is 3.85. The quantitative estimate of drug-likeness (QED) is 0.837. The fourth-order valence-electron chi connectivity index (χ4n) is 3.23. The van der Waals surface area contributed by atoms with Crippen molar-refractivity contribution in [3.63, 3.8) is 0 Å². The molecule has 2 heteroatoms. The van der Waals surface area contributed by atoms with Crippen LogP contribution in [0.25, 0.3) is 0 Å². The highest BCUT2D eigenvalue weighted by molar-refractivity contribution is 5.56. The highest BCUT2D eigenvalue weighted by Gasteiger charge is 2.44. The lowest BCUT2D eigenvalue weighted by Gasteiger charge is -2.47. The minimum Gasteiger partial charge on any atom is -0.381 e. The van der Waals surface area contributed by atoms with Gasteiger partial charge < -0.3 is 10.1 Å². The Hall–Kier alpha value is -1.02. The summed E-state index contributed by atoms with van der Waals surface area (Å²) in [5.41, 5.74) is 2.59. The maximum absolute atomic E-state index is 5.77. The van der Waals surface area contributed by atoms with E-state index in [2.05, 4.69) is 57.3 Å². The normalized spacial score (nSPS) is 26.5. The van der Waals surface area contributed by atoms with Crippen LogP contribution in [0, 0.1) is 11.3 Å². The van der Waals surface area contributed by atoms with Crippen LogP contribution >= 0.6 is 0 Å². The van der Waals surface area contributed by atoms with Gasteiger partial charge in [-0.2, -0.15) is 0 Å². The summed E-state index contributed by atoms with van der Waals surface area (Å²) in [6.45, 7) is 9.10. The first-order valence-electron chi connectivity index (χ1n) is 6.36. The molecule has 1 N–H and O–H groups in total. The SMILES string of the molecule is CO[C@@H]1c2ccccc2N[C@H](C(C)C)C1(C)C. The molecule has 0 fully saturated rings. The van der Waals surface area contributed by atoms with Crippen LogP contribution in [0.3, 0.4) is 0 Å². The van der Waals surface area contributed by atoms with Crippen LogP contribution in [-0.2, 0) is 4.74 Å². The van der Waals surface area contributed by atoms with E-state index in [1.165, 1.54) is 11.3 Å². The van der Waals surface area contributed by atoms with Gasteiger partial charge in [0.2, 0.25) is 0 Å².